The largest absolute Gasteiger partial charge is 0.469 e. The number of methoxy groups -OCH3 is 1. The Hall–Kier alpha value is -1.14. The lowest BCUT2D eigenvalue weighted by Gasteiger charge is -2.08. The Morgan fingerprint density at radius 1 is 1.59 bits per heavy atom. The SMILES string of the molecule is COC(=O)Cc1csc(NCCCN(C)C)n1. The van der Waals surface area contributed by atoms with Crippen LogP contribution in [0.15, 0.2) is 5.38 Å². The second-order valence-corrected chi connectivity index (χ2v) is 4.84. The fourth-order valence-electron chi connectivity index (χ4n) is 1.28. The van der Waals surface area contributed by atoms with Crippen molar-refractivity contribution in [1.82, 2.24) is 9.88 Å². The van der Waals surface area contributed by atoms with E-state index in [1.54, 1.807) is 0 Å². The molecule has 1 heterocycles. The summed E-state index contributed by atoms with van der Waals surface area (Å²) in [5.41, 5.74) is 0.761. The first-order valence-corrected chi connectivity index (χ1v) is 6.39. The number of hydrogen-bond donors (Lipinski definition) is 1. The highest BCUT2D eigenvalue weighted by Gasteiger charge is 2.07. The molecular formula is C11H19N3O2S. The molecule has 0 aliphatic rings. The third kappa shape index (κ3) is 5.65. The molecule has 1 rings (SSSR count). The molecular weight excluding hydrogens is 238 g/mol. The summed E-state index contributed by atoms with van der Waals surface area (Å²) in [5, 5.41) is 5.98. The summed E-state index contributed by atoms with van der Waals surface area (Å²) in [5.74, 6) is -0.255. The van der Waals surface area contributed by atoms with Crippen LogP contribution in [0.2, 0.25) is 0 Å². The monoisotopic (exact) mass is 257 g/mol. The minimum Gasteiger partial charge on any atom is -0.469 e. The number of ether oxygens (including phenoxy) is 1. The Labute approximate surface area is 106 Å². The maximum Gasteiger partial charge on any atom is 0.311 e. The van der Waals surface area contributed by atoms with Crippen molar-refractivity contribution in [2.24, 2.45) is 0 Å². The van der Waals surface area contributed by atoms with E-state index in [0.29, 0.717) is 0 Å². The van der Waals surface area contributed by atoms with Crippen LogP contribution in [-0.2, 0) is 16.0 Å². The van der Waals surface area contributed by atoms with Gasteiger partial charge in [-0.1, -0.05) is 0 Å². The molecule has 0 unspecified atom stereocenters. The van der Waals surface area contributed by atoms with Gasteiger partial charge in [0.2, 0.25) is 0 Å². The summed E-state index contributed by atoms with van der Waals surface area (Å²) in [6, 6.07) is 0. The second-order valence-electron chi connectivity index (χ2n) is 3.98. The smallest absolute Gasteiger partial charge is 0.311 e. The van der Waals surface area contributed by atoms with E-state index in [1.807, 2.05) is 5.38 Å². The number of nitrogens with one attached hydrogen (secondary N) is 1. The van der Waals surface area contributed by atoms with Crippen molar-refractivity contribution in [2.75, 3.05) is 39.6 Å². The van der Waals surface area contributed by atoms with Gasteiger partial charge in [-0.05, 0) is 27.1 Å². The number of rotatable bonds is 7. The lowest BCUT2D eigenvalue weighted by Crippen LogP contribution is -2.16. The molecule has 96 valence electrons. The lowest BCUT2D eigenvalue weighted by atomic mass is 10.3. The molecule has 0 radical (unpaired) electrons. The summed E-state index contributed by atoms with van der Waals surface area (Å²) in [6.45, 7) is 1.94. The van der Waals surface area contributed by atoms with Crippen LogP contribution in [0.25, 0.3) is 0 Å². The van der Waals surface area contributed by atoms with E-state index in [4.69, 9.17) is 0 Å². The van der Waals surface area contributed by atoms with Crippen molar-refractivity contribution >= 4 is 22.4 Å². The molecule has 0 atom stereocenters. The first kappa shape index (κ1) is 13.9. The number of carbonyl (C=O) groups is 1. The fraction of sp³-hybridized carbons (Fsp3) is 0.636. The molecule has 17 heavy (non-hydrogen) atoms. The molecule has 1 N–H and O–H groups in total. The van der Waals surface area contributed by atoms with Gasteiger partial charge in [-0.2, -0.15) is 0 Å². The van der Waals surface area contributed by atoms with Crippen LogP contribution in [0.4, 0.5) is 5.13 Å². The Bertz CT molecular complexity index is 352. The third-order valence-electron chi connectivity index (χ3n) is 2.16. The van der Waals surface area contributed by atoms with Crippen LogP contribution < -0.4 is 5.32 Å². The van der Waals surface area contributed by atoms with Crippen molar-refractivity contribution in [3.63, 3.8) is 0 Å². The van der Waals surface area contributed by atoms with Gasteiger partial charge < -0.3 is 15.0 Å². The standard InChI is InChI=1S/C11H19N3O2S/c1-14(2)6-4-5-12-11-13-9(8-17-11)7-10(15)16-3/h8H,4-7H2,1-3H3,(H,12,13). The first-order valence-electron chi connectivity index (χ1n) is 5.51. The number of nitrogens with zero attached hydrogens (tertiary/aromatic N) is 2. The molecule has 0 amide bonds. The van der Waals surface area contributed by atoms with Crippen molar-refractivity contribution in [3.05, 3.63) is 11.1 Å². The molecule has 0 aliphatic carbocycles. The zero-order valence-electron chi connectivity index (χ0n) is 10.5. The number of thiazole rings is 1. The van der Waals surface area contributed by atoms with Crippen LogP contribution in [0, 0.1) is 0 Å². The fourth-order valence-corrected chi connectivity index (χ4v) is 2.02. The molecule has 6 heteroatoms. The normalized spacial score (nSPS) is 10.6. The maximum atomic E-state index is 11.0. The van der Waals surface area contributed by atoms with E-state index in [-0.39, 0.29) is 12.4 Å². The Kier molecular flexibility index (Phi) is 5.93. The van der Waals surface area contributed by atoms with Crippen molar-refractivity contribution in [2.45, 2.75) is 12.8 Å². The minimum atomic E-state index is -0.255. The number of aromatic nitrogens is 1. The van der Waals surface area contributed by atoms with Crippen LogP contribution in [0.1, 0.15) is 12.1 Å². The maximum absolute atomic E-state index is 11.0. The van der Waals surface area contributed by atoms with Gasteiger partial charge in [-0.3, -0.25) is 4.79 Å². The summed E-state index contributed by atoms with van der Waals surface area (Å²) in [6.07, 6.45) is 1.31. The van der Waals surface area contributed by atoms with Crippen molar-refractivity contribution in [3.8, 4) is 0 Å². The zero-order valence-corrected chi connectivity index (χ0v) is 11.3. The molecule has 0 fully saturated rings. The van der Waals surface area contributed by atoms with Crippen LogP contribution in [0.5, 0.6) is 0 Å². The molecule has 0 bridgehead atoms. The van der Waals surface area contributed by atoms with Gasteiger partial charge >= 0.3 is 5.97 Å². The number of hydrogen-bond acceptors (Lipinski definition) is 6. The average Bonchev–Trinajstić information content (AvgIpc) is 2.72. The highest BCUT2D eigenvalue weighted by atomic mass is 32.1. The molecule has 0 spiro atoms. The Balaban J connectivity index is 2.28. The van der Waals surface area contributed by atoms with Crippen molar-refractivity contribution < 1.29 is 9.53 Å². The molecule has 1 aromatic heterocycles. The molecule has 0 saturated heterocycles. The number of esters is 1. The Morgan fingerprint density at radius 3 is 3.00 bits per heavy atom. The van der Waals surface area contributed by atoms with E-state index >= 15 is 0 Å². The van der Waals surface area contributed by atoms with E-state index in [9.17, 15) is 4.79 Å². The lowest BCUT2D eigenvalue weighted by molar-refractivity contribution is -0.139. The predicted molar refractivity (Wildman–Crippen MR) is 69.5 cm³/mol. The Morgan fingerprint density at radius 2 is 2.35 bits per heavy atom. The van der Waals surface area contributed by atoms with E-state index in [2.05, 4.69) is 34.0 Å². The minimum absolute atomic E-state index is 0.242. The van der Waals surface area contributed by atoms with Crippen LogP contribution in [0.3, 0.4) is 0 Å². The highest BCUT2D eigenvalue weighted by Crippen LogP contribution is 2.15. The summed E-state index contributed by atoms with van der Waals surface area (Å²) in [4.78, 5) is 17.5. The quantitative estimate of drug-likeness (QED) is 0.588. The summed E-state index contributed by atoms with van der Waals surface area (Å²) in [7, 11) is 5.49. The predicted octanol–water partition coefficient (Wildman–Crippen LogP) is 1.22. The van der Waals surface area contributed by atoms with Gasteiger partial charge in [0.15, 0.2) is 5.13 Å². The van der Waals surface area contributed by atoms with E-state index in [0.717, 1.165) is 30.3 Å². The summed E-state index contributed by atoms with van der Waals surface area (Å²) >= 11 is 1.52. The van der Waals surface area contributed by atoms with Gasteiger partial charge in [0.25, 0.3) is 0 Å². The number of anilines is 1. The highest BCUT2D eigenvalue weighted by molar-refractivity contribution is 7.13. The van der Waals surface area contributed by atoms with Gasteiger partial charge in [0.05, 0.1) is 19.2 Å². The zero-order chi connectivity index (χ0) is 12.7. The molecule has 0 aliphatic heterocycles. The molecule has 0 saturated carbocycles. The second kappa shape index (κ2) is 7.24. The molecule has 0 aromatic carbocycles. The first-order chi connectivity index (χ1) is 8.11. The van der Waals surface area contributed by atoms with E-state index < -0.39 is 0 Å². The number of carbonyl (C=O) groups excluding carboxylic acids is 1. The van der Waals surface area contributed by atoms with Gasteiger partial charge in [0.1, 0.15) is 0 Å². The van der Waals surface area contributed by atoms with Gasteiger partial charge in [-0.25, -0.2) is 4.98 Å². The van der Waals surface area contributed by atoms with Crippen molar-refractivity contribution in [1.29, 1.82) is 0 Å². The summed E-state index contributed by atoms with van der Waals surface area (Å²) < 4.78 is 4.59. The van der Waals surface area contributed by atoms with E-state index in [1.165, 1.54) is 18.4 Å². The van der Waals surface area contributed by atoms with Crippen LogP contribution in [-0.4, -0.2) is 50.1 Å². The molecule has 5 nitrogen and oxygen atoms in total. The van der Waals surface area contributed by atoms with Gasteiger partial charge in [0, 0.05) is 11.9 Å². The van der Waals surface area contributed by atoms with Gasteiger partial charge in [-0.15, -0.1) is 11.3 Å². The molecule has 1 aromatic rings. The average molecular weight is 257 g/mol. The topological polar surface area (TPSA) is 54.5 Å². The van der Waals surface area contributed by atoms with Crippen LogP contribution >= 0.6 is 11.3 Å². The third-order valence-corrected chi connectivity index (χ3v) is 3.01.